The number of rotatable bonds is 6. The van der Waals surface area contributed by atoms with Crippen molar-refractivity contribution in [1.29, 1.82) is 0 Å². The van der Waals surface area contributed by atoms with Gasteiger partial charge in [0.15, 0.2) is 0 Å². The highest BCUT2D eigenvalue weighted by atomic mass is 19.4. The van der Waals surface area contributed by atoms with E-state index in [1.165, 1.54) is 18.2 Å². The van der Waals surface area contributed by atoms with Crippen LogP contribution in [0.25, 0.3) is 0 Å². The van der Waals surface area contributed by atoms with Crippen LogP contribution in [0.1, 0.15) is 51.6 Å². The summed E-state index contributed by atoms with van der Waals surface area (Å²) in [5, 5.41) is 4.25. The summed E-state index contributed by atoms with van der Waals surface area (Å²) in [6.07, 6.45) is -3.29. The molecule has 0 saturated heterocycles. The maximum absolute atomic E-state index is 12.9. The molecule has 0 fully saturated rings. The number of imide groups is 1. The minimum absolute atomic E-state index is 0.142. The van der Waals surface area contributed by atoms with Crippen LogP contribution in [0.5, 0.6) is 5.75 Å². The Morgan fingerprint density at radius 1 is 0.941 bits per heavy atom. The molecule has 0 aromatic heterocycles. The summed E-state index contributed by atoms with van der Waals surface area (Å²) < 4.78 is 40.9. The number of para-hydroxylation sites is 1. The van der Waals surface area contributed by atoms with E-state index in [1.54, 1.807) is 18.3 Å². The van der Waals surface area contributed by atoms with E-state index in [4.69, 9.17) is 0 Å². The average molecular weight is 467 g/mol. The Labute approximate surface area is 193 Å². The second-order valence-corrected chi connectivity index (χ2v) is 7.90. The second kappa shape index (κ2) is 9.01. The number of hydrazone groups is 1. The monoisotopic (exact) mass is 467 g/mol. The van der Waals surface area contributed by atoms with Gasteiger partial charge in [-0.1, -0.05) is 38.1 Å². The quantitative estimate of drug-likeness (QED) is 0.276. The van der Waals surface area contributed by atoms with Crippen LogP contribution in [-0.2, 0) is 0 Å². The van der Waals surface area contributed by atoms with Gasteiger partial charge in [0.25, 0.3) is 11.8 Å². The molecule has 3 aromatic rings. The van der Waals surface area contributed by atoms with Gasteiger partial charge in [0.1, 0.15) is 5.75 Å². The smallest absolute Gasteiger partial charge is 0.406 e. The molecular weight excluding hydrogens is 447 g/mol. The van der Waals surface area contributed by atoms with Crippen molar-refractivity contribution >= 4 is 29.4 Å². The first-order chi connectivity index (χ1) is 16.1. The van der Waals surface area contributed by atoms with E-state index >= 15 is 0 Å². The topological polar surface area (TPSA) is 71.0 Å². The highest BCUT2D eigenvalue weighted by molar-refractivity contribution is 6.34. The molecule has 1 heterocycles. The number of nitrogens with zero attached hydrogens (tertiary/aromatic N) is 2. The Bertz CT molecular complexity index is 1270. The zero-order valence-electron chi connectivity index (χ0n) is 18.3. The van der Waals surface area contributed by atoms with E-state index in [9.17, 15) is 22.8 Å². The predicted octanol–water partition coefficient (Wildman–Crippen LogP) is 5.96. The Hall–Kier alpha value is -4.14. The second-order valence-electron chi connectivity index (χ2n) is 7.90. The van der Waals surface area contributed by atoms with Crippen molar-refractivity contribution in [1.82, 2.24) is 0 Å². The first kappa shape index (κ1) is 23.0. The lowest BCUT2D eigenvalue weighted by atomic mass is 10.0. The number of benzene rings is 3. The normalized spacial score (nSPS) is 13.6. The Morgan fingerprint density at radius 3 is 2.29 bits per heavy atom. The minimum Gasteiger partial charge on any atom is -0.406 e. The summed E-state index contributed by atoms with van der Waals surface area (Å²) in [5.41, 5.74) is 6.11. The van der Waals surface area contributed by atoms with Crippen LogP contribution in [0, 0.1) is 0 Å². The number of nitrogens with one attached hydrogen (secondary N) is 1. The maximum Gasteiger partial charge on any atom is 0.573 e. The molecule has 0 spiro atoms. The summed E-state index contributed by atoms with van der Waals surface area (Å²) in [5.74, 6) is -1.27. The number of carbonyl (C=O) groups excluding carboxylic acids is 2. The molecule has 0 bridgehead atoms. The molecule has 0 unspecified atom stereocenters. The average Bonchev–Trinajstić information content (AvgIpc) is 3.03. The fraction of sp³-hybridized carbons (Fsp3) is 0.160. The third-order valence-corrected chi connectivity index (χ3v) is 5.22. The lowest BCUT2D eigenvalue weighted by Gasteiger charge is -2.15. The van der Waals surface area contributed by atoms with Crippen LogP contribution in [0.2, 0.25) is 0 Å². The number of fused-ring (bicyclic) bond motifs is 1. The zero-order chi connectivity index (χ0) is 24.5. The highest BCUT2D eigenvalue weighted by Crippen LogP contribution is 2.31. The number of carbonyl (C=O) groups is 2. The fourth-order valence-corrected chi connectivity index (χ4v) is 3.65. The van der Waals surface area contributed by atoms with E-state index in [0.29, 0.717) is 11.5 Å². The molecule has 1 aliphatic heterocycles. The summed E-state index contributed by atoms with van der Waals surface area (Å²) in [7, 11) is 0. The summed E-state index contributed by atoms with van der Waals surface area (Å²) >= 11 is 0. The van der Waals surface area contributed by atoms with Crippen molar-refractivity contribution in [2.45, 2.75) is 26.1 Å². The maximum atomic E-state index is 12.9. The van der Waals surface area contributed by atoms with E-state index < -0.39 is 23.9 Å². The van der Waals surface area contributed by atoms with Crippen molar-refractivity contribution in [2.75, 3.05) is 10.3 Å². The summed E-state index contributed by atoms with van der Waals surface area (Å²) in [6, 6.07) is 17.1. The molecule has 0 aliphatic carbocycles. The van der Waals surface area contributed by atoms with Crippen LogP contribution >= 0.6 is 0 Å². The highest BCUT2D eigenvalue weighted by Gasteiger charge is 2.37. The standard InChI is InChI=1S/C25H20F3N3O3/c1-15(2)19-5-3-4-6-22(19)30-29-14-16-7-12-20-21(13-16)24(33)31(23(20)32)17-8-10-18(11-9-17)34-25(26,27)28/h3-15,30H,1-2H3/b29-14+. The number of hydrogen-bond donors (Lipinski definition) is 1. The van der Waals surface area contributed by atoms with Gasteiger partial charge in [-0.2, -0.15) is 5.10 Å². The third-order valence-electron chi connectivity index (χ3n) is 5.22. The van der Waals surface area contributed by atoms with Crippen molar-refractivity contribution < 1.29 is 27.5 Å². The van der Waals surface area contributed by atoms with Gasteiger partial charge in [-0.15, -0.1) is 13.2 Å². The molecule has 4 rings (SSSR count). The molecule has 0 atom stereocenters. The van der Waals surface area contributed by atoms with E-state index in [2.05, 4.69) is 29.1 Å². The Kier molecular flexibility index (Phi) is 6.10. The van der Waals surface area contributed by atoms with E-state index in [0.717, 1.165) is 28.3 Å². The van der Waals surface area contributed by atoms with Crippen molar-refractivity contribution in [3.63, 3.8) is 0 Å². The Balaban J connectivity index is 1.52. The van der Waals surface area contributed by atoms with Crippen LogP contribution in [0.15, 0.2) is 71.8 Å². The van der Waals surface area contributed by atoms with Crippen LogP contribution in [0.3, 0.4) is 0 Å². The Morgan fingerprint density at radius 2 is 1.62 bits per heavy atom. The van der Waals surface area contributed by atoms with Crippen LogP contribution in [-0.4, -0.2) is 24.4 Å². The van der Waals surface area contributed by atoms with Gasteiger partial charge in [-0.25, -0.2) is 4.90 Å². The molecule has 3 aromatic carbocycles. The van der Waals surface area contributed by atoms with Gasteiger partial charge in [0.2, 0.25) is 0 Å². The number of halogens is 3. The molecule has 9 heteroatoms. The minimum atomic E-state index is -4.83. The van der Waals surface area contributed by atoms with Gasteiger partial charge in [0.05, 0.1) is 28.7 Å². The molecule has 174 valence electrons. The molecule has 0 saturated carbocycles. The van der Waals surface area contributed by atoms with E-state index in [-0.39, 0.29) is 16.8 Å². The van der Waals surface area contributed by atoms with Gasteiger partial charge >= 0.3 is 6.36 Å². The van der Waals surface area contributed by atoms with Crippen LogP contribution < -0.4 is 15.1 Å². The van der Waals surface area contributed by atoms with Crippen molar-refractivity contribution in [3.8, 4) is 5.75 Å². The molecule has 34 heavy (non-hydrogen) atoms. The predicted molar refractivity (Wildman–Crippen MR) is 122 cm³/mol. The van der Waals surface area contributed by atoms with Crippen molar-refractivity contribution in [2.24, 2.45) is 5.10 Å². The fourth-order valence-electron chi connectivity index (χ4n) is 3.65. The molecule has 2 amide bonds. The largest absolute Gasteiger partial charge is 0.573 e. The van der Waals surface area contributed by atoms with Gasteiger partial charge in [-0.3, -0.25) is 15.0 Å². The first-order valence-corrected chi connectivity index (χ1v) is 10.4. The molecule has 6 nitrogen and oxygen atoms in total. The zero-order valence-corrected chi connectivity index (χ0v) is 18.3. The molecule has 0 radical (unpaired) electrons. The lowest BCUT2D eigenvalue weighted by Crippen LogP contribution is -2.29. The lowest BCUT2D eigenvalue weighted by molar-refractivity contribution is -0.274. The SMILES string of the molecule is CC(C)c1ccccc1N/N=C/c1ccc2c(c1)C(=O)N(c1ccc(OC(F)(F)F)cc1)C2=O. The number of anilines is 2. The number of amides is 2. The summed E-state index contributed by atoms with van der Waals surface area (Å²) in [4.78, 5) is 26.6. The van der Waals surface area contributed by atoms with Gasteiger partial charge in [0, 0.05) is 0 Å². The third kappa shape index (κ3) is 4.78. The first-order valence-electron chi connectivity index (χ1n) is 10.4. The molecular formula is C25H20F3N3O3. The molecule has 1 aliphatic rings. The van der Waals surface area contributed by atoms with E-state index in [1.807, 2.05) is 24.3 Å². The van der Waals surface area contributed by atoms with Crippen molar-refractivity contribution in [3.05, 3.63) is 89.0 Å². The summed E-state index contributed by atoms with van der Waals surface area (Å²) in [6.45, 7) is 4.16. The van der Waals surface area contributed by atoms with Gasteiger partial charge in [-0.05, 0) is 59.5 Å². The number of alkyl halides is 3. The molecule has 1 N–H and O–H groups in total. The number of ether oxygens (including phenoxy) is 1. The van der Waals surface area contributed by atoms with Gasteiger partial charge < -0.3 is 4.74 Å². The number of hydrogen-bond acceptors (Lipinski definition) is 5. The van der Waals surface area contributed by atoms with Crippen LogP contribution in [0.4, 0.5) is 24.5 Å².